The molecule has 0 spiro atoms. The Morgan fingerprint density at radius 2 is 2.17 bits per heavy atom. The molecular weight excluding hydrogens is 479 g/mol. The van der Waals surface area contributed by atoms with Crippen LogP contribution in [0.2, 0.25) is 0 Å². The molecule has 2 N–H and O–H groups in total. The lowest BCUT2D eigenvalue weighted by Crippen LogP contribution is -2.43. The molecule has 0 aromatic heterocycles. The van der Waals surface area contributed by atoms with Crippen LogP contribution >= 0.6 is 24.0 Å². The summed E-state index contributed by atoms with van der Waals surface area (Å²) in [6.45, 7) is 11.0. The minimum atomic E-state index is 0. The fourth-order valence-corrected chi connectivity index (χ4v) is 3.92. The molecule has 2 atom stereocenters. The molecule has 7 heteroatoms. The number of piperidine rings is 1. The fraction of sp³-hybridized carbons (Fsp3) is 0.682. The third kappa shape index (κ3) is 7.94. The van der Waals surface area contributed by atoms with Gasteiger partial charge in [0.2, 0.25) is 0 Å². The molecule has 1 aromatic carbocycles. The van der Waals surface area contributed by atoms with Crippen LogP contribution < -0.4 is 15.4 Å². The summed E-state index contributed by atoms with van der Waals surface area (Å²) in [5, 5.41) is 6.87. The first-order valence-electron chi connectivity index (χ1n) is 10.6. The van der Waals surface area contributed by atoms with Gasteiger partial charge in [-0.15, -0.1) is 24.0 Å². The number of benzene rings is 1. The van der Waals surface area contributed by atoms with Crippen molar-refractivity contribution in [2.75, 3.05) is 46.4 Å². The second kappa shape index (κ2) is 12.6. The van der Waals surface area contributed by atoms with E-state index >= 15 is 0 Å². The first-order chi connectivity index (χ1) is 13.6. The molecule has 2 heterocycles. The van der Waals surface area contributed by atoms with Gasteiger partial charge in [-0.05, 0) is 43.9 Å². The average molecular weight is 516 g/mol. The summed E-state index contributed by atoms with van der Waals surface area (Å²) in [5.41, 5.74) is 2.35. The SMILES string of the molecule is CN=C(NCCN1CCCC(C)C1)NCc1ccc(C)cc1OC1CCOC1.I. The van der Waals surface area contributed by atoms with Crippen LogP contribution in [0.15, 0.2) is 23.2 Å². The van der Waals surface area contributed by atoms with Gasteiger partial charge in [0.05, 0.1) is 13.2 Å². The van der Waals surface area contributed by atoms with Crippen LogP contribution in [0.25, 0.3) is 0 Å². The highest BCUT2D eigenvalue weighted by Crippen LogP contribution is 2.23. The minimum Gasteiger partial charge on any atom is -0.488 e. The Bertz CT molecular complexity index is 650. The van der Waals surface area contributed by atoms with Crippen molar-refractivity contribution in [3.8, 4) is 5.75 Å². The zero-order valence-corrected chi connectivity index (χ0v) is 20.4. The highest BCUT2D eigenvalue weighted by atomic mass is 127. The standard InChI is InChI=1S/C22H36N4O2.HI/c1-17-6-7-19(21(13-17)28-20-8-12-27-16-20)14-25-22(23-3)24-9-11-26-10-4-5-18(2)15-26;/h6-7,13,18,20H,4-5,8-12,14-16H2,1-3H3,(H2,23,24,25);1H. The summed E-state index contributed by atoms with van der Waals surface area (Å²) in [6.07, 6.45) is 3.79. The van der Waals surface area contributed by atoms with Gasteiger partial charge in [0.25, 0.3) is 0 Å². The van der Waals surface area contributed by atoms with Crippen LogP contribution in [0.4, 0.5) is 0 Å². The molecule has 0 saturated carbocycles. The molecule has 2 unspecified atom stereocenters. The normalized spacial score (nSPS) is 22.8. The van der Waals surface area contributed by atoms with E-state index in [1.165, 1.54) is 31.5 Å². The minimum absolute atomic E-state index is 0. The Balaban J connectivity index is 0.00000300. The van der Waals surface area contributed by atoms with E-state index in [4.69, 9.17) is 9.47 Å². The Morgan fingerprint density at radius 1 is 1.31 bits per heavy atom. The van der Waals surface area contributed by atoms with Gasteiger partial charge < -0.3 is 25.0 Å². The molecule has 1 aromatic rings. The monoisotopic (exact) mass is 516 g/mol. The molecule has 0 aliphatic carbocycles. The van der Waals surface area contributed by atoms with E-state index < -0.39 is 0 Å². The third-order valence-corrected chi connectivity index (χ3v) is 5.54. The zero-order chi connectivity index (χ0) is 19.8. The van der Waals surface area contributed by atoms with E-state index in [-0.39, 0.29) is 30.1 Å². The molecule has 2 aliphatic rings. The Morgan fingerprint density at radius 3 is 2.90 bits per heavy atom. The lowest BCUT2D eigenvalue weighted by Gasteiger charge is -2.30. The van der Waals surface area contributed by atoms with E-state index in [1.54, 1.807) is 0 Å². The van der Waals surface area contributed by atoms with Crippen molar-refractivity contribution in [3.63, 3.8) is 0 Å². The molecule has 3 rings (SSSR count). The Labute approximate surface area is 192 Å². The quantitative estimate of drug-likeness (QED) is 0.331. The maximum absolute atomic E-state index is 6.19. The number of halogens is 1. The molecule has 6 nitrogen and oxygen atoms in total. The van der Waals surface area contributed by atoms with Crippen molar-refractivity contribution in [2.24, 2.45) is 10.9 Å². The summed E-state index contributed by atoms with van der Waals surface area (Å²) in [5.74, 6) is 2.60. The first kappa shape index (κ1) is 24.2. The van der Waals surface area contributed by atoms with Crippen LogP contribution in [0.1, 0.15) is 37.3 Å². The second-order valence-corrected chi connectivity index (χ2v) is 8.12. The van der Waals surface area contributed by atoms with Crippen LogP contribution in [-0.4, -0.2) is 63.4 Å². The van der Waals surface area contributed by atoms with Gasteiger partial charge in [0, 0.05) is 45.2 Å². The molecular formula is C22H37IN4O2. The molecule has 0 radical (unpaired) electrons. The summed E-state index contributed by atoms with van der Waals surface area (Å²) in [4.78, 5) is 6.91. The van der Waals surface area contributed by atoms with Gasteiger partial charge in [0.15, 0.2) is 5.96 Å². The average Bonchev–Trinajstić information content (AvgIpc) is 3.19. The number of likely N-dealkylation sites (tertiary alicyclic amines) is 1. The molecule has 0 amide bonds. The van der Waals surface area contributed by atoms with Crippen LogP contribution in [0.5, 0.6) is 5.75 Å². The smallest absolute Gasteiger partial charge is 0.191 e. The predicted molar refractivity (Wildman–Crippen MR) is 129 cm³/mol. The molecule has 29 heavy (non-hydrogen) atoms. The van der Waals surface area contributed by atoms with Crippen molar-refractivity contribution < 1.29 is 9.47 Å². The lowest BCUT2D eigenvalue weighted by molar-refractivity contribution is 0.140. The molecule has 164 valence electrons. The summed E-state index contributed by atoms with van der Waals surface area (Å²) >= 11 is 0. The second-order valence-electron chi connectivity index (χ2n) is 8.12. The molecule has 0 bridgehead atoms. The number of guanidine groups is 1. The molecule has 2 fully saturated rings. The van der Waals surface area contributed by atoms with E-state index in [9.17, 15) is 0 Å². The highest BCUT2D eigenvalue weighted by molar-refractivity contribution is 14.0. The summed E-state index contributed by atoms with van der Waals surface area (Å²) in [6, 6.07) is 6.38. The van der Waals surface area contributed by atoms with Crippen molar-refractivity contribution in [1.29, 1.82) is 0 Å². The Hall–Kier alpha value is -1.06. The van der Waals surface area contributed by atoms with E-state index in [0.717, 1.165) is 49.3 Å². The molecule has 2 aliphatic heterocycles. The number of rotatable bonds is 7. The number of ether oxygens (including phenoxy) is 2. The zero-order valence-electron chi connectivity index (χ0n) is 18.1. The predicted octanol–water partition coefficient (Wildman–Crippen LogP) is 3.18. The fourth-order valence-electron chi connectivity index (χ4n) is 3.92. The first-order valence-corrected chi connectivity index (χ1v) is 10.6. The maximum Gasteiger partial charge on any atom is 0.191 e. The van der Waals surface area contributed by atoms with E-state index in [0.29, 0.717) is 13.2 Å². The number of nitrogens with zero attached hydrogens (tertiary/aromatic N) is 2. The topological polar surface area (TPSA) is 58.1 Å². The van der Waals surface area contributed by atoms with Gasteiger partial charge in [0.1, 0.15) is 11.9 Å². The number of aryl methyl sites for hydroxylation is 1. The highest BCUT2D eigenvalue weighted by Gasteiger charge is 2.19. The van der Waals surface area contributed by atoms with Gasteiger partial charge >= 0.3 is 0 Å². The van der Waals surface area contributed by atoms with Crippen molar-refractivity contribution in [3.05, 3.63) is 29.3 Å². The number of aliphatic imine (C=N–C) groups is 1. The summed E-state index contributed by atoms with van der Waals surface area (Å²) in [7, 11) is 1.82. The van der Waals surface area contributed by atoms with E-state index in [2.05, 4.69) is 52.6 Å². The van der Waals surface area contributed by atoms with Gasteiger partial charge in [-0.2, -0.15) is 0 Å². The van der Waals surface area contributed by atoms with Crippen molar-refractivity contribution >= 4 is 29.9 Å². The van der Waals surface area contributed by atoms with Crippen LogP contribution in [0, 0.1) is 12.8 Å². The Kier molecular flexibility index (Phi) is 10.5. The number of hydrogen-bond donors (Lipinski definition) is 2. The van der Waals surface area contributed by atoms with Crippen LogP contribution in [0.3, 0.4) is 0 Å². The molecule has 2 saturated heterocycles. The lowest BCUT2D eigenvalue weighted by atomic mass is 10.0. The number of hydrogen-bond acceptors (Lipinski definition) is 4. The third-order valence-electron chi connectivity index (χ3n) is 5.54. The van der Waals surface area contributed by atoms with Crippen molar-refractivity contribution in [1.82, 2.24) is 15.5 Å². The number of nitrogens with one attached hydrogen (secondary N) is 2. The summed E-state index contributed by atoms with van der Waals surface area (Å²) < 4.78 is 11.6. The van der Waals surface area contributed by atoms with Crippen molar-refractivity contribution in [2.45, 2.75) is 45.8 Å². The largest absolute Gasteiger partial charge is 0.488 e. The van der Waals surface area contributed by atoms with Gasteiger partial charge in [-0.1, -0.05) is 19.1 Å². The van der Waals surface area contributed by atoms with Gasteiger partial charge in [-0.25, -0.2) is 0 Å². The maximum atomic E-state index is 6.19. The van der Waals surface area contributed by atoms with E-state index in [1.807, 2.05) is 7.05 Å². The van der Waals surface area contributed by atoms with Crippen LogP contribution in [-0.2, 0) is 11.3 Å². The van der Waals surface area contributed by atoms with Gasteiger partial charge in [-0.3, -0.25) is 4.99 Å².